The molecule has 7 nitrogen and oxygen atoms in total. The lowest BCUT2D eigenvalue weighted by Gasteiger charge is -2.10. The standard InChI is InChI=1S/C20H18N6O/c27-20(21-13-16-9-6-8-15-7-4-5-12-18(15)16)22-14-19-23-24-25-26(19)17-10-2-1-3-11-17/h1-12H,13-14H2,(H2,21,22,27). The maximum Gasteiger partial charge on any atom is 0.315 e. The highest BCUT2D eigenvalue weighted by molar-refractivity contribution is 5.86. The molecule has 0 fully saturated rings. The molecule has 27 heavy (non-hydrogen) atoms. The largest absolute Gasteiger partial charge is 0.334 e. The smallest absolute Gasteiger partial charge is 0.315 e. The van der Waals surface area contributed by atoms with Crippen molar-refractivity contribution in [1.29, 1.82) is 0 Å². The number of tetrazole rings is 1. The minimum Gasteiger partial charge on any atom is -0.334 e. The van der Waals surface area contributed by atoms with E-state index in [2.05, 4.69) is 44.4 Å². The Morgan fingerprint density at radius 2 is 1.59 bits per heavy atom. The Balaban J connectivity index is 1.38. The van der Waals surface area contributed by atoms with Gasteiger partial charge in [0.2, 0.25) is 0 Å². The molecule has 0 aliphatic heterocycles. The number of fused-ring (bicyclic) bond motifs is 1. The number of rotatable bonds is 5. The fourth-order valence-corrected chi connectivity index (χ4v) is 2.93. The van der Waals surface area contributed by atoms with Crippen LogP contribution in [0, 0.1) is 0 Å². The molecule has 0 bridgehead atoms. The van der Waals surface area contributed by atoms with E-state index in [1.807, 2.05) is 54.6 Å². The number of carbonyl (C=O) groups is 1. The molecule has 0 atom stereocenters. The average molecular weight is 358 g/mol. The Hall–Kier alpha value is -3.74. The summed E-state index contributed by atoms with van der Waals surface area (Å²) in [5.74, 6) is 0.557. The van der Waals surface area contributed by atoms with Gasteiger partial charge in [0, 0.05) is 6.54 Å². The van der Waals surface area contributed by atoms with Crippen LogP contribution in [0.1, 0.15) is 11.4 Å². The van der Waals surface area contributed by atoms with Crippen molar-refractivity contribution in [3.63, 3.8) is 0 Å². The number of nitrogens with zero attached hydrogens (tertiary/aromatic N) is 4. The van der Waals surface area contributed by atoms with Gasteiger partial charge in [-0.3, -0.25) is 0 Å². The first-order valence-electron chi connectivity index (χ1n) is 8.62. The highest BCUT2D eigenvalue weighted by Crippen LogP contribution is 2.18. The van der Waals surface area contributed by atoms with Crippen molar-refractivity contribution in [2.75, 3.05) is 0 Å². The molecule has 7 heteroatoms. The van der Waals surface area contributed by atoms with E-state index in [9.17, 15) is 4.79 Å². The van der Waals surface area contributed by atoms with Crippen molar-refractivity contribution in [1.82, 2.24) is 30.8 Å². The predicted molar refractivity (Wildman–Crippen MR) is 102 cm³/mol. The molecule has 4 rings (SSSR count). The lowest BCUT2D eigenvalue weighted by molar-refractivity contribution is 0.240. The van der Waals surface area contributed by atoms with Crippen LogP contribution in [0.25, 0.3) is 16.5 Å². The third-order valence-electron chi connectivity index (χ3n) is 4.26. The fraction of sp³-hybridized carbons (Fsp3) is 0.100. The Bertz CT molecular complexity index is 1050. The van der Waals surface area contributed by atoms with Gasteiger partial charge in [-0.15, -0.1) is 5.10 Å². The first-order valence-corrected chi connectivity index (χ1v) is 8.62. The lowest BCUT2D eigenvalue weighted by Crippen LogP contribution is -2.35. The Kier molecular flexibility index (Phi) is 4.74. The van der Waals surface area contributed by atoms with Crippen molar-refractivity contribution < 1.29 is 4.79 Å². The number of urea groups is 1. The van der Waals surface area contributed by atoms with Gasteiger partial charge in [0.25, 0.3) is 0 Å². The number of hydrogen-bond acceptors (Lipinski definition) is 4. The minimum atomic E-state index is -0.273. The van der Waals surface area contributed by atoms with E-state index in [4.69, 9.17) is 0 Å². The van der Waals surface area contributed by atoms with Gasteiger partial charge < -0.3 is 10.6 Å². The molecule has 2 amide bonds. The van der Waals surface area contributed by atoms with Crippen LogP contribution in [0.4, 0.5) is 4.79 Å². The summed E-state index contributed by atoms with van der Waals surface area (Å²) in [5, 5.41) is 19.6. The Labute approximate surface area is 156 Å². The molecule has 0 unspecified atom stereocenters. The van der Waals surface area contributed by atoms with E-state index < -0.39 is 0 Å². The van der Waals surface area contributed by atoms with Gasteiger partial charge in [-0.05, 0) is 38.9 Å². The van der Waals surface area contributed by atoms with E-state index in [0.717, 1.165) is 22.0 Å². The van der Waals surface area contributed by atoms with Crippen LogP contribution >= 0.6 is 0 Å². The first-order chi connectivity index (χ1) is 13.3. The fourth-order valence-electron chi connectivity index (χ4n) is 2.93. The van der Waals surface area contributed by atoms with Gasteiger partial charge in [-0.25, -0.2) is 4.79 Å². The van der Waals surface area contributed by atoms with Gasteiger partial charge in [-0.1, -0.05) is 60.7 Å². The average Bonchev–Trinajstić information content (AvgIpc) is 3.20. The van der Waals surface area contributed by atoms with E-state index in [-0.39, 0.29) is 12.6 Å². The molecule has 0 saturated heterocycles. The van der Waals surface area contributed by atoms with Gasteiger partial charge in [0.15, 0.2) is 5.82 Å². The quantitative estimate of drug-likeness (QED) is 0.574. The number of carbonyl (C=O) groups excluding carboxylic acids is 1. The molecule has 3 aromatic carbocycles. The maximum absolute atomic E-state index is 12.2. The van der Waals surface area contributed by atoms with Gasteiger partial charge in [-0.2, -0.15) is 4.68 Å². The third kappa shape index (κ3) is 3.77. The molecule has 0 saturated carbocycles. The molecular weight excluding hydrogens is 340 g/mol. The first kappa shape index (κ1) is 16.7. The van der Waals surface area contributed by atoms with Crippen molar-refractivity contribution in [2.45, 2.75) is 13.1 Å². The number of benzene rings is 3. The van der Waals surface area contributed by atoms with Crippen LogP contribution in [-0.4, -0.2) is 26.2 Å². The predicted octanol–water partition coefficient (Wildman–Crippen LogP) is 2.81. The van der Waals surface area contributed by atoms with Gasteiger partial charge >= 0.3 is 6.03 Å². The SMILES string of the molecule is O=C(NCc1cccc2ccccc12)NCc1nnnn1-c1ccccc1. The number of hydrogen-bond donors (Lipinski definition) is 2. The van der Waals surface area contributed by atoms with Crippen molar-refractivity contribution in [3.8, 4) is 5.69 Å². The van der Waals surface area contributed by atoms with Crippen LogP contribution in [0.2, 0.25) is 0 Å². The monoisotopic (exact) mass is 358 g/mol. The normalized spacial score (nSPS) is 10.7. The zero-order valence-corrected chi connectivity index (χ0v) is 14.5. The minimum absolute atomic E-state index is 0.225. The molecule has 2 N–H and O–H groups in total. The lowest BCUT2D eigenvalue weighted by atomic mass is 10.0. The molecule has 0 aliphatic rings. The highest BCUT2D eigenvalue weighted by Gasteiger charge is 2.10. The maximum atomic E-state index is 12.2. The number of nitrogens with one attached hydrogen (secondary N) is 2. The molecule has 134 valence electrons. The van der Waals surface area contributed by atoms with Crippen molar-refractivity contribution in [3.05, 3.63) is 84.2 Å². The number of aromatic nitrogens is 4. The van der Waals surface area contributed by atoms with Crippen LogP contribution in [0.15, 0.2) is 72.8 Å². The van der Waals surface area contributed by atoms with Crippen LogP contribution in [-0.2, 0) is 13.1 Å². The molecule has 1 heterocycles. The highest BCUT2D eigenvalue weighted by atomic mass is 16.2. The van der Waals surface area contributed by atoms with E-state index in [1.54, 1.807) is 4.68 Å². The van der Waals surface area contributed by atoms with E-state index >= 15 is 0 Å². The molecule has 4 aromatic rings. The number of amides is 2. The third-order valence-corrected chi connectivity index (χ3v) is 4.26. The molecular formula is C20H18N6O. The zero-order chi connectivity index (χ0) is 18.5. The Morgan fingerprint density at radius 3 is 2.48 bits per heavy atom. The summed E-state index contributed by atoms with van der Waals surface area (Å²) >= 11 is 0. The molecule has 0 aliphatic carbocycles. The van der Waals surface area contributed by atoms with E-state index in [0.29, 0.717) is 12.4 Å². The summed E-state index contributed by atoms with van der Waals surface area (Å²) in [6.45, 7) is 0.667. The second kappa shape index (κ2) is 7.65. The summed E-state index contributed by atoms with van der Waals surface area (Å²) in [6, 6.07) is 23.4. The van der Waals surface area contributed by atoms with Gasteiger partial charge in [0.05, 0.1) is 12.2 Å². The zero-order valence-electron chi connectivity index (χ0n) is 14.5. The topological polar surface area (TPSA) is 84.7 Å². The number of para-hydroxylation sites is 1. The second-order valence-corrected chi connectivity index (χ2v) is 6.02. The van der Waals surface area contributed by atoms with Crippen LogP contribution in [0.5, 0.6) is 0 Å². The molecule has 1 aromatic heterocycles. The van der Waals surface area contributed by atoms with Crippen molar-refractivity contribution in [2.24, 2.45) is 0 Å². The summed E-state index contributed by atoms with van der Waals surface area (Å²) in [5.41, 5.74) is 1.91. The summed E-state index contributed by atoms with van der Waals surface area (Å²) in [4.78, 5) is 12.2. The molecule has 0 radical (unpaired) electrons. The summed E-state index contributed by atoms with van der Waals surface area (Å²) in [7, 11) is 0. The molecule has 0 spiro atoms. The summed E-state index contributed by atoms with van der Waals surface area (Å²) < 4.78 is 1.60. The van der Waals surface area contributed by atoms with Gasteiger partial charge in [0.1, 0.15) is 0 Å². The van der Waals surface area contributed by atoms with Crippen molar-refractivity contribution >= 4 is 16.8 Å². The second-order valence-electron chi connectivity index (χ2n) is 6.02. The Morgan fingerprint density at radius 1 is 0.852 bits per heavy atom. The van der Waals surface area contributed by atoms with E-state index in [1.165, 1.54) is 0 Å². The summed E-state index contributed by atoms with van der Waals surface area (Å²) in [6.07, 6.45) is 0. The van der Waals surface area contributed by atoms with Crippen LogP contribution < -0.4 is 10.6 Å². The van der Waals surface area contributed by atoms with Crippen LogP contribution in [0.3, 0.4) is 0 Å².